The number of amides is 5. The van der Waals surface area contributed by atoms with Crippen LogP contribution in [0.3, 0.4) is 0 Å². The number of hydrogen-bond donors (Lipinski definition) is 2. The summed E-state index contributed by atoms with van der Waals surface area (Å²) in [5.74, 6) is -2.64. The molecular weight excluding hydrogens is 506 g/mol. The summed E-state index contributed by atoms with van der Waals surface area (Å²) in [6, 6.07) is 3.58. The van der Waals surface area contributed by atoms with Gasteiger partial charge in [0.05, 0.1) is 43.2 Å². The average Bonchev–Trinajstić information content (AvgIpc) is 3.17. The number of carbonyl (C=O) groups excluding carboxylic acids is 5. The maximum atomic E-state index is 13.1. The van der Waals surface area contributed by atoms with Crippen LogP contribution in [0.5, 0.6) is 0 Å². The SMILES string of the molecule is CCCCCOCCOCCOCCCCCC(=O)Nc1cccc2c1C(=O)N(C1CCC(=O)NC1=O)C2=O. The third kappa shape index (κ3) is 8.94. The first-order valence-corrected chi connectivity index (χ1v) is 13.8. The quantitative estimate of drug-likeness (QED) is 0.212. The summed E-state index contributed by atoms with van der Waals surface area (Å²) in [6.07, 6.45) is 6.07. The molecule has 1 saturated heterocycles. The third-order valence-electron chi connectivity index (χ3n) is 6.57. The Morgan fingerprint density at radius 3 is 2.23 bits per heavy atom. The Labute approximate surface area is 228 Å². The van der Waals surface area contributed by atoms with Gasteiger partial charge in [0.25, 0.3) is 11.8 Å². The molecule has 39 heavy (non-hydrogen) atoms. The van der Waals surface area contributed by atoms with E-state index in [2.05, 4.69) is 17.6 Å². The summed E-state index contributed by atoms with van der Waals surface area (Å²) < 4.78 is 16.5. The predicted molar refractivity (Wildman–Crippen MR) is 142 cm³/mol. The highest BCUT2D eigenvalue weighted by Gasteiger charge is 2.45. The molecule has 0 saturated carbocycles. The minimum atomic E-state index is -1.05. The van der Waals surface area contributed by atoms with Gasteiger partial charge in [-0.15, -0.1) is 0 Å². The van der Waals surface area contributed by atoms with Gasteiger partial charge in [0.15, 0.2) is 0 Å². The van der Waals surface area contributed by atoms with Crippen LogP contribution in [-0.2, 0) is 28.6 Å². The zero-order chi connectivity index (χ0) is 28.0. The van der Waals surface area contributed by atoms with Crippen LogP contribution >= 0.6 is 0 Å². The molecule has 0 bridgehead atoms. The molecule has 2 heterocycles. The Hall–Kier alpha value is -3.15. The second-order valence-corrected chi connectivity index (χ2v) is 9.58. The Bertz CT molecular complexity index is 1030. The van der Waals surface area contributed by atoms with Crippen molar-refractivity contribution in [3.63, 3.8) is 0 Å². The monoisotopic (exact) mass is 545 g/mol. The van der Waals surface area contributed by atoms with Crippen LogP contribution < -0.4 is 10.6 Å². The fourth-order valence-corrected chi connectivity index (χ4v) is 4.49. The molecule has 2 aliphatic rings. The fourth-order valence-electron chi connectivity index (χ4n) is 4.49. The van der Waals surface area contributed by atoms with Crippen LogP contribution in [0, 0.1) is 0 Å². The second kappa shape index (κ2) is 16.1. The first-order chi connectivity index (χ1) is 18.9. The van der Waals surface area contributed by atoms with Crippen molar-refractivity contribution in [1.29, 1.82) is 0 Å². The van der Waals surface area contributed by atoms with Crippen LogP contribution in [0.2, 0.25) is 0 Å². The van der Waals surface area contributed by atoms with Gasteiger partial charge >= 0.3 is 0 Å². The number of hydrogen-bond acceptors (Lipinski definition) is 8. The average molecular weight is 546 g/mol. The van der Waals surface area contributed by atoms with Gasteiger partial charge < -0.3 is 19.5 Å². The van der Waals surface area contributed by atoms with Gasteiger partial charge in [-0.05, 0) is 37.8 Å². The number of fused-ring (bicyclic) bond motifs is 1. The van der Waals surface area contributed by atoms with Gasteiger partial charge in [-0.1, -0.05) is 32.3 Å². The number of nitrogens with one attached hydrogen (secondary N) is 2. The molecule has 1 aromatic carbocycles. The molecule has 2 N–H and O–H groups in total. The lowest BCUT2D eigenvalue weighted by Gasteiger charge is -2.27. The number of benzene rings is 1. The zero-order valence-electron chi connectivity index (χ0n) is 22.6. The Kier molecular flexibility index (Phi) is 12.5. The summed E-state index contributed by atoms with van der Waals surface area (Å²) in [6.45, 7) is 5.71. The normalized spacial score (nSPS) is 16.9. The molecule has 0 radical (unpaired) electrons. The van der Waals surface area contributed by atoms with E-state index in [4.69, 9.17) is 14.2 Å². The van der Waals surface area contributed by atoms with E-state index in [1.54, 1.807) is 12.1 Å². The van der Waals surface area contributed by atoms with Crippen molar-refractivity contribution < 1.29 is 38.2 Å². The molecule has 1 unspecified atom stereocenters. The van der Waals surface area contributed by atoms with Crippen molar-refractivity contribution in [2.24, 2.45) is 0 Å². The highest BCUT2D eigenvalue weighted by Crippen LogP contribution is 2.32. The van der Waals surface area contributed by atoms with Crippen LogP contribution in [-0.4, -0.2) is 80.1 Å². The van der Waals surface area contributed by atoms with Gasteiger partial charge in [-0.3, -0.25) is 34.2 Å². The molecule has 0 spiro atoms. The first kappa shape index (κ1) is 30.4. The van der Waals surface area contributed by atoms with E-state index in [0.29, 0.717) is 39.5 Å². The van der Waals surface area contributed by atoms with Crippen molar-refractivity contribution in [2.45, 2.75) is 70.8 Å². The highest BCUT2D eigenvalue weighted by molar-refractivity contribution is 6.26. The molecule has 3 rings (SSSR count). The lowest BCUT2D eigenvalue weighted by molar-refractivity contribution is -0.136. The van der Waals surface area contributed by atoms with Crippen LogP contribution in [0.1, 0.15) is 85.4 Å². The van der Waals surface area contributed by atoms with Crippen molar-refractivity contribution in [3.8, 4) is 0 Å². The number of ether oxygens (including phenoxy) is 3. The minimum Gasteiger partial charge on any atom is -0.379 e. The third-order valence-corrected chi connectivity index (χ3v) is 6.57. The van der Waals surface area contributed by atoms with Gasteiger partial charge in [-0.25, -0.2) is 0 Å². The van der Waals surface area contributed by atoms with Gasteiger partial charge in [-0.2, -0.15) is 0 Å². The molecule has 0 aliphatic carbocycles. The summed E-state index contributed by atoms with van der Waals surface area (Å²) in [5, 5.41) is 4.90. The van der Waals surface area contributed by atoms with Crippen molar-refractivity contribution >= 4 is 35.2 Å². The first-order valence-electron chi connectivity index (χ1n) is 13.8. The maximum Gasteiger partial charge on any atom is 0.264 e. The number of carbonyl (C=O) groups is 5. The van der Waals surface area contributed by atoms with E-state index in [0.717, 1.165) is 30.8 Å². The van der Waals surface area contributed by atoms with E-state index in [9.17, 15) is 24.0 Å². The van der Waals surface area contributed by atoms with E-state index >= 15 is 0 Å². The number of unbranched alkanes of at least 4 members (excludes halogenated alkanes) is 4. The summed E-state index contributed by atoms with van der Waals surface area (Å²) in [7, 11) is 0. The van der Waals surface area contributed by atoms with E-state index in [1.807, 2.05) is 0 Å². The van der Waals surface area contributed by atoms with E-state index < -0.39 is 29.7 Å². The lowest BCUT2D eigenvalue weighted by Crippen LogP contribution is -2.54. The number of anilines is 1. The van der Waals surface area contributed by atoms with Crippen LogP contribution in [0.25, 0.3) is 0 Å². The second-order valence-electron chi connectivity index (χ2n) is 9.58. The fraction of sp³-hybridized carbons (Fsp3) is 0.607. The molecule has 1 atom stereocenters. The maximum absolute atomic E-state index is 13.1. The minimum absolute atomic E-state index is 0.0426. The van der Waals surface area contributed by atoms with Gasteiger partial charge in [0.2, 0.25) is 17.7 Å². The molecule has 1 aromatic rings. The highest BCUT2D eigenvalue weighted by atomic mass is 16.5. The number of rotatable bonds is 18. The van der Waals surface area contributed by atoms with E-state index in [1.165, 1.54) is 18.9 Å². The molecule has 5 amide bonds. The molecule has 214 valence electrons. The van der Waals surface area contributed by atoms with Crippen LogP contribution in [0.15, 0.2) is 18.2 Å². The molecule has 1 fully saturated rings. The molecular formula is C28H39N3O8. The number of nitrogens with zero attached hydrogens (tertiary/aromatic N) is 1. The predicted octanol–water partition coefficient (Wildman–Crippen LogP) is 2.83. The molecule has 2 aliphatic heterocycles. The molecule has 0 aromatic heterocycles. The number of imide groups is 2. The topological polar surface area (TPSA) is 140 Å². The molecule has 11 nitrogen and oxygen atoms in total. The Balaban J connectivity index is 1.31. The van der Waals surface area contributed by atoms with Gasteiger partial charge in [0, 0.05) is 26.1 Å². The largest absolute Gasteiger partial charge is 0.379 e. The lowest BCUT2D eigenvalue weighted by atomic mass is 10.0. The number of piperidine rings is 1. The van der Waals surface area contributed by atoms with Crippen molar-refractivity contribution in [1.82, 2.24) is 10.2 Å². The zero-order valence-corrected chi connectivity index (χ0v) is 22.6. The van der Waals surface area contributed by atoms with E-state index in [-0.39, 0.29) is 42.0 Å². The van der Waals surface area contributed by atoms with Crippen molar-refractivity contribution in [3.05, 3.63) is 29.3 Å². The Morgan fingerprint density at radius 1 is 0.897 bits per heavy atom. The Morgan fingerprint density at radius 2 is 1.56 bits per heavy atom. The van der Waals surface area contributed by atoms with Crippen LogP contribution in [0.4, 0.5) is 5.69 Å². The van der Waals surface area contributed by atoms with Crippen molar-refractivity contribution in [2.75, 3.05) is 45.0 Å². The smallest absolute Gasteiger partial charge is 0.264 e. The standard InChI is InChI=1S/C28H39N3O8/c1-2-3-6-14-37-16-18-39-19-17-38-15-7-4-5-11-23(32)29-21-10-8-9-20-25(21)28(36)31(27(20)35)22-12-13-24(33)30-26(22)34/h8-10,22H,2-7,11-19H2,1H3,(H,29,32)(H,30,33,34). The molecule has 11 heteroatoms. The summed E-state index contributed by atoms with van der Waals surface area (Å²) >= 11 is 0. The summed E-state index contributed by atoms with van der Waals surface area (Å²) in [4.78, 5) is 63.1. The van der Waals surface area contributed by atoms with Gasteiger partial charge in [0.1, 0.15) is 6.04 Å². The summed E-state index contributed by atoms with van der Waals surface area (Å²) in [5.41, 5.74) is 0.433.